The van der Waals surface area contributed by atoms with Crippen molar-refractivity contribution in [3.8, 4) is 17.0 Å². The summed E-state index contributed by atoms with van der Waals surface area (Å²) < 4.78 is 12.4. The smallest absolute Gasteiger partial charge is 0.293 e. The van der Waals surface area contributed by atoms with Crippen LogP contribution < -0.4 is 15.6 Å². The van der Waals surface area contributed by atoms with E-state index in [0.29, 0.717) is 49.2 Å². The number of methoxy groups -OCH3 is 1. The number of anilines is 1. The molecule has 0 fully saturated rings. The average Bonchev–Trinajstić information content (AvgIpc) is 2.76. The maximum absolute atomic E-state index is 13.0. The molecule has 0 aromatic carbocycles. The molecule has 3 aromatic rings. The number of aromatic nitrogens is 4. The number of ether oxygens (including phenoxy) is 2. The molecule has 0 spiro atoms. The molecule has 0 amide bonds. The third kappa shape index (κ3) is 4.89. The summed E-state index contributed by atoms with van der Waals surface area (Å²) in [4.78, 5) is 26.2. The molecule has 3 heterocycles. The quantitative estimate of drug-likeness (QED) is 0.526. The van der Waals surface area contributed by atoms with Gasteiger partial charge in [0.25, 0.3) is 5.56 Å². The first kappa shape index (κ1) is 20.7. The van der Waals surface area contributed by atoms with Gasteiger partial charge in [-0.25, -0.2) is 15.0 Å². The summed E-state index contributed by atoms with van der Waals surface area (Å²) >= 11 is 0. The second-order valence-corrected chi connectivity index (χ2v) is 6.61. The Balaban J connectivity index is 2.04. The predicted molar refractivity (Wildman–Crippen MR) is 113 cm³/mol. The number of hydrogen-bond donors (Lipinski definition) is 1. The van der Waals surface area contributed by atoms with E-state index in [1.54, 1.807) is 30.1 Å². The van der Waals surface area contributed by atoms with Crippen molar-refractivity contribution in [1.29, 1.82) is 0 Å². The van der Waals surface area contributed by atoms with Crippen LogP contribution in [0.2, 0.25) is 0 Å². The number of rotatable bonds is 10. The Morgan fingerprint density at radius 1 is 1.07 bits per heavy atom. The van der Waals surface area contributed by atoms with Crippen LogP contribution in [0.4, 0.5) is 5.82 Å². The number of fused-ring (bicyclic) bond motifs is 1. The van der Waals surface area contributed by atoms with Crippen molar-refractivity contribution in [1.82, 2.24) is 19.5 Å². The lowest BCUT2D eigenvalue weighted by molar-refractivity contribution is 0.127. The molecule has 0 unspecified atom stereocenters. The zero-order chi connectivity index (χ0) is 20.6. The molecule has 154 valence electrons. The first-order chi connectivity index (χ1) is 14.2. The highest BCUT2D eigenvalue weighted by molar-refractivity contribution is 5.78. The van der Waals surface area contributed by atoms with Crippen molar-refractivity contribution < 1.29 is 9.47 Å². The van der Waals surface area contributed by atoms with Crippen LogP contribution in [0.1, 0.15) is 26.7 Å². The second-order valence-electron chi connectivity index (χ2n) is 6.61. The van der Waals surface area contributed by atoms with Gasteiger partial charge in [0.1, 0.15) is 0 Å². The fourth-order valence-electron chi connectivity index (χ4n) is 2.93. The summed E-state index contributed by atoms with van der Waals surface area (Å²) in [6.45, 7) is 6.33. The number of nitrogens with zero attached hydrogens (tertiary/aromatic N) is 4. The lowest BCUT2D eigenvalue weighted by Gasteiger charge is -2.14. The van der Waals surface area contributed by atoms with Gasteiger partial charge in [-0.2, -0.15) is 0 Å². The van der Waals surface area contributed by atoms with E-state index in [1.165, 1.54) is 0 Å². The van der Waals surface area contributed by atoms with Crippen LogP contribution in [-0.4, -0.2) is 46.4 Å². The van der Waals surface area contributed by atoms with Crippen LogP contribution in [-0.2, 0) is 11.3 Å². The lowest BCUT2D eigenvalue weighted by Crippen LogP contribution is -2.27. The van der Waals surface area contributed by atoms with E-state index in [9.17, 15) is 4.79 Å². The van der Waals surface area contributed by atoms with E-state index in [-0.39, 0.29) is 5.56 Å². The van der Waals surface area contributed by atoms with Gasteiger partial charge in [-0.3, -0.25) is 9.36 Å². The molecule has 0 atom stereocenters. The topological polar surface area (TPSA) is 91.2 Å². The largest absolute Gasteiger partial charge is 0.481 e. The van der Waals surface area contributed by atoms with E-state index in [1.807, 2.05) is 19.1 Å². The highest BCUT2D eigenvalue weighted by Gasteiger charge is 2.13. The molecular formula is C21H27N5O3. The third-order valence-electron chi connectivity index (χ3n) is 4.43. The summed E-state index contributed by atoms with van der Waals surface area (Å²) in [5, 5.41) is 3.11. The standard InChI is InChI=1S/C21H27N5O3/c1-4-8-22-20-21(27)26(9-11-29-10-5-2)17-12-16(14-24-19(17)25-20)15-6-7-18(28-3)23-13-15/h6-7,12-14H,4-5,8-11H2,1-3H3,(H,22,24,25). The number of nitrogens with one attached hydrogen (secondary N) is 1. The Hall–Kier alpha value is -3.00. The van der Waals surface area contributed by atoms with Crippen molar-refractivity contribution in [2.75, 3.05) is 32.2 Å². The van der Waals surface area contributed by atoms with Crippen molar-refractivity contribution in [2.45, 2.75) is 33.2 Å². The summed E-state index contributed by atoms with van der Waals surface area (Å²) in [5.41, 5.74) is 2.76. The molecule has 29 heavy (non-hydrogen) atoms. The van der Waals surface area contributed by atoms with Crippen LogP contribution in [0.25, 0.3) is 22.3 Å². The molecule has 8 heteroatoms. The molecule has 3 rings (SSSR count). The lowest BCUT2D eigenvalue weighted by atomic mass is 10.1. The maximum atomic E-state index is 13.0. The molecule has 0 aliphatic rings. The molecule has 0 bridgehead atoms. The van der Waals surface area contributed by atoms with E-state index >= 15 is 0 Å². The van der Waals surface area contributed by atoms with Gasteiger partial charge in [0.2, 0.25) is 5.88 Å². The van der Waals surface area contributed by atoms with E-state index < -0.39 is 0 Å². The van der Waals surface area contributed by atoms with Gasteiger partial charge in [-0.05, 0) is 25.0 Å². The molecule has 0 aliphatic carbocycles. The molecular weight excluding hydrogens is 370 g/mol. The average molecular weight is 397 g/mol. The first-order valence-corrected chi connectivity index (χ1v) is 9.90. The summed E-state index contributed by atoms with van der Waals surface area (Å²) in [5.74, 6) is 0.863. The fraction of sp³-hybridized carbons (Fsp3) is 0.429. The molecule has 0 saturated carbocycles. The maximum Gasteiger partial charge on any atom is 0.293 e. The summed E-state index contributed by atoms with van der Waals surface area (Å²) in [6, 6.07) is 5.62. The van der Waals surface area contributed by atoms with Crippen molar-refractivity contribution in [2.24, 2.45) is 0 Å². The molecule has 0 radical (unpaired) electrons. The molecule has 3 aromatic heterocycles. The zero-order valence-electron chi connectivity index (χ0n) is 17.1. The summed E-state index contributed by atoms with van der Waals surface area (Å²) in [6.07, 6.45) is 5.30. The monoisotopic (exact) mass is 397 g/mol. The van der Waals surface area contributed by atoms with E-state index in [2.05, 4.69) is 27.2 Å². The van der Waals surface area contributed by atoms with Crippen LogP contribution in [0.3, 0.4) is 0 Å². The van der Waals surface area contributed by atoms with Gasteiger partial charge in [-0.15, -0.1) is 0 Å². The molecule has 1 N–H and O–H groups in total. The summed E-state index contributed by atoms with van der Waals surface area (Å²) in [7, 11) is 1.58. The van der Waals surface area contributed by atoms with Crippen molar-refractivity contribution >= 4 is 17.0 Å². The number of pyridine rings is 2. The van der Waals surface area contributed by atoms with Gasteiger partial charge in [0.05, 0.1) is 19.2 Å². The van der Waals surface area contributed by atoms with Crippen molar-refractivity contribution in [3.63, 3.8) is 0 Å². The number of hydrogen-bond acceptors (Lipinski definition) is 7. The molecule has 0 saturated heterocycles. The van der Waals surface area contributed by atoms with Gasteiger partial charge < -0.3 is 14.8 Å². The Kier molecular flexibility index (Phi) is 7.13. The van der Waals surface area contributed by atoms with Crippen molar-refractivity contribution in [3.05, 3.63) is 40.9 Å². The van der Waals surface area contributed by atoms with Gasteiger partial charge in [0.15, 0.2) is 11.5 Å². The van der Waals surface area contributed by atoms with E-state index in [0.717, 1.165) is 24.0 Å². The normalized spacial score (nSPS) is 11.0. The zero-order valence-corrected chi connectivity index (χ0v) is 17.1. The molecule has 8 nitrogen and oxygen atoms in total. The predicted octanol–water partition coefficient (Wildman–Crippen LogP) is 3.11. The van der Waals surface area contributed by atoms with Crippen LogP contribution in [0.5, 0.6) is 5.88 Å². The highest BCUT2D eigenvalue weighted by Crippen LogP contribution is 2.23. The Morgan fingerprint density at radius 3 is 2.59 bits per heavy atom. The minimum atomic E-state index is -0.169. The first-order valence-electron chi connectivity index (χ1n) is 9.90. The van der Waals surface area contributed by atoms with Gasteiger partial charge in [-0.1, -0.05) is 13.8 Å². The second kappa shape index (κ2) is 9.97. The fourth-order valence-corrected chi connectivity index (χ4v) is 2.93. The third-order valence-corrected chi connectivity index (χ3v) is 4.43. The van der Waals surface area contributed by atoms with Gasteiger partial charge in [0, 0.05) is 49.3 Å². The Bertz CT molecular complexity index is 1000. The van der Waals surface area contributed by atoms with E-state index in [4.69, 9.17) is 9.47 Å². The van der Waals surface area contributed by atoms with Gasteiger partial charge >= 0.3 is 0 Å². The Labute approximate surface area is 169 Å². The van der Waals surface area contributed by atoms with Crippen LogP contribution in [0.15, 0.2) is 35.4 Å². The SMILES string of the molecule is CCCNc1nc2ncc(-c3ccc(OC)nc3)cc2n(CCOCCC)c1=O. The molecule has 0 aliphatic heterocycles. The minimum Gasteiger partial charge on any atom is -0.481 e. The highest BCUT2D eigenvalue weighted by atomic mass is 16.5. The van der Waals surface area contributed by atoms with Crippen LogP contribution >= 0.6 is 0 Å². The Morgan fingerprint density at radius 2 is 1.90 bits per heavy atom. The minimum absolute atomic E-state index is 0.169. The van der Waals surface area contributed by atoms with Crippen LogP contribution in [0, 0.1) is 0 Å².